The fourth-order valence-corrected chi connectivity index (χ4v) is 2.43. The molecule has 4 nitrogen and oxygen atoms in total. The van der Waals surface area contributed by atoms with E-state index in [-0.39, 0.29) is 17.9 Å². The van der Waals surface area contributed by atoms with E-state index in [0.29, 0.717) is 5.56 Å². The van der Waals surface area contributed by atoms with Crippen LogP contribution in [0, 0.1) is 6.92 Å². The lowest BCUT2D eigenvalue weighted by Crippen LogP contribution is -2.27. The number of hydrogen-bond donors (Lipinski definition) is 1. The van der Waals surface area contributed by atoms with Crippen molar-refractivity contribution in [2.24, 2.45) is 0 Å². The smallest absolute Gasteiger partial charge is 0.251 e. The van der Waals surface area contributed by atoms with E-state index in [1.165, 1.54) is 5.56 Å². The van der Waals surface area contributed by atoms with Gasteiger partial charge in [-0.25, -0.2) is 0 Å². The van der Waals surface area contributed by atoms with E-state index in [2.05, 4.69) is 5.32 Å². The van der Waals surface area contributed by atoms with Crippen LogP contribution in [0.15, 0.2) is 54.6 Å². The Morgan fingerprint density at radius 2 is 1.64 bits per heavy atom. The minimum absolute atomic E-state index is 0.00613. The van der Waals surface area contributed by atoms with Crippen molar-refractivity contribution in [2.45, 2.75) is 19.9 Å². The highest BCUT2D eigenvalue weighted by atomic mass is 16.2. The lowest BCUT2D eigenvalue weighted by atomic mass is 10.1. The van der Waals surface area contributed by atoms with Crippen molar-refractivity contribution in [1.82, 2.24) is 10.2 Å². The number of likely N-dealkylation sites (N-methyl/N-ethyl adjacent to an activating group) is 1. The van der Waals surface area contributed by atoms with Gasteiger partial charge in [0.1, 0.15) is 0 Å². The number of nitrogens with zero attached hydrogens (tertiary/aromatic N) is 1. The summed E-state index contributed by atoms with van der Waals surface area (Å²) in [5, 5.41) is 2.58. The van der Waals surface area contributed by atoms with Crippen LogP contribution in [0.1, 0.15) is 40.0 Å². The molecule has 2 aromatic carbocycles. The summed E-state index contributed by atoms with van der Waals surface area (Å²) in [6.45, 7) is 4.05. The number of carbonyl (C=O) groups is 2. The average molecular weight is 336 g/mol. The molecule has 0 aliphatic rings. The maximum atomic E-state index is 12.4. The molecule has 0 aliphatic heterocycles. The lowest BCUT2D eigenvalue weighted by Gasteiger charge is -2.24. The summed E-state index contributed by atoms with van der Waals surface area (Å²) in [6, 6.07) is 15.3. The molecule has 0 spiro atoms. The molecule has 0 aromatic heterocycles. The van der Waals surface area contributed by atoms with Crippen LogP contribution in [-0.4, -0.2) is 30.8 Å². The molecule has 1 N–H and O–H groups in total. The zero-order valence-corrected chi connectivity index (χ0v) is 15.1. The fourth-order valence-electron chi connectivity index (χ4n) is 2.43. The third kappa shape index (κ3) is 4.80. The van der Waals surface area contributed by atoms with Crippen molar-refractivity contribution in [3.8, 4) is 0 Å². The van der Waals surface area contributed by atoms with Gasteiger partial charge in [-0.15, -0.1) is 0 Å². The number of aryl methyl sites for hydroxylation is 1. The van der Waals surface area contributed by atoms with Gasteiger partial charge in [-0.1, -0.05) is 42.0 Å². The van der Waals surface area contributed by atoms with Crippen molar-refractivity contribution in [2.75, 3.05) is 14.1 Å². The van der Waals surface area contributed by atoms with Crippen LogP contribution >= 0.6 is 0 Å². The molecular formula is C21H24N2O2. The van der Waals surface area contributed by atoms with Crippen molar-refractivity contribution in [1.29, 1.82) is 0 Å². The van der Waals surface area contributed by atoms with Crippen LogP contribution < -0.4 is 5.32 Å². The second kappa shape index (κ2) is 8.29. The Hall–Kier alpha value is -2.88. The maximum Gasteiger partial charge on any atom is 0.251 e. The summed E-state index contributed by atoms with van der Waals surface area (Å²) >= 11 is 0. The van der Waals surface area contributed by atoms with E-state index in [1.807, 2.05) is 50.2 Å². The number of amides is 2. The standard InChI is InChI=1S/C21H24N2O2/c1-15-5-10-18(11-6-15)16(2)23(4)20(24)14-9-17-7-12-19(13-8-17)21(25)22-3/h5-14,16H,1-4H3,(H,22,25)/b14-9+. The third-order valence-electron chi connectivity index (χ3n) is 4.31. The van der Waals surface area contributed by atoms with Gasteiger partial charge < -0.3 is 10.2 Å². The Labute approximate surface area is 149 Å². The van der Waals surface area contributed by atoms with Gasteiger partial charge in [0, 0.05) is 25.7 Å². The number of benzene rings is 2. The Morgan fingerprint density at radius 1 is 1.04 bits per heavy atom. The molecule has 4 heteroatoms. The average Bonchev–Trinajstić information content (AvgIpc) is 2.65. The highest BCUT2D eigenvalue weighted by molar-refractivity contribution is 5.94. The molecular weight excluding hydrogens is 312 g/mol. The molecule has 2 rings (SSSR count). The van der Waals surface area contributed by atoms with E-state index in [9.17, 15) is 9.59 Å². The normalized spacial score (nSPS) is 12.0. The van der Waals surface area contributed by atoms with Gasteiger partial charge in [0.2, 0.25) is 5.91 Å². The largest absolute Gasteiger partial charge is 0.355 e. The van der Waals surface area contributed by atoms with Crippen LogP contribution in [0.25, 0.3) is 6.08 Å². The van der Waals surface area contributed by atoms with Crippen LogP contribution in [0.3, 0.4) is 0 Å². The Balaban J connectivity index is 2.03. The van der Waals surface area contributed by atoms with Crippen LogP contribution in [-0.2, 0) is 4.79 Å². The second-order valence-corrected chi connectivity index (χ2v) is 6.07. The summed E-state index contributed by atoms with van der Waals surface area (Å²) < 4.78 is 0. The van der Waals surface area contributed by atoms with Gasteiger partial charge in [-0.05, 0) is 43.2 Å². The second-order valence-electron chi connectivity index (χ2n) is 6.07. The first-order valence-corrected chi connectivity index (χ1v) is 8.26. The van der Waals surface area contributed by atoms with Crippen molar-refractivity contribution >= 4 is 17.9 Å². The van der Waals surface area contributed by atoms with E-state index >= 15 is 0 Å². The molecule has 130 valence electrons. The molecule has 0 bridgehead atoms. The maximum absolute atomic E-state index is 12.4. The topological polar surface area (TPSA) is 49.4 Å². The first-order chi connectivity index (χ1) is 11.9. The van der Waals surface area contributed by atoms with Gasteiger partial charge in [0.05, 0.1) is 6.04 Å². The molecule has 2 aromatic rings. The quantitative estimate of drug-likeness (QED) is 0.848. The zero-order valence-electron chi connectivity index (χ0n) is 15.1. The molecule has 2 amide bonds. The van der Waals surface area contributed by atoms with Crippen molar-refractivity contribution < 1.29 is 9.59 Å². The van der Waals surface area contributed by atoms with E-state index in [1.54, 1.807) is 43.3 Å². The summed E-state index contributed by atoms with van der Waals surface area (Å²) in [7, 11) is 3.39. The minimum Gasteiger partial charge on any atom is -0.355 e. The monoisotopic (exact) mass is 336 g/mol. The third-order valence-corrected chi connectivity index (χ3v) is 4.31. The molecule has 0 saturated carbocycles. The summed E-state index contributed by atoms with van der Waals surface area (Å²) in [6.07, 6.45) is 3.31. The first kappa shape index (κ1) is 18.5. The summed E-state index contributed by atoms with van der Waals surface area (Å²) in [5.41, 5.74) is 3.77. The molecule has 0 aliphatic carbocycles. The molecule has 1 unspecified atom stereocenters. The molecule has 0 radical (unpaired) electrons. The van der Waals surface area contributed by atoms with Crippen molar-refractivity contribution in [3.63, 3.8) is 0 Å². The van der Waals surface area contributed by atoms with E-state index in [0.717, 1.165) is 11.1 Å². The predicted molar refractivity (Wildman–Crippen MR) is 101 cm³/mol. The van der Waals surface area contributed by atoms with Gasteiger partial charge in [-0.2, -0.15) is 0 Å². The van der Waals surface area contributed by atoms with Gasteiger partial charge >= 0.3 is 0 Å². The van der Waals surface area contributed by atoms with Crippen molar-refractivity contribution in [3.05, 3.63) is 76.9 Å². The number of hydrogen-bond acceptors (Lipinski definition) is 2. The van der Waals surface area contributed by atoms with Crippen LogP contribution in [0.2, 0.25) is 0 Å². The fraction of sp³-hybridized carbons (Fsp3) is 0.238. The lowest BCUT2D eigenvalue weighted by molar-refractivity contribution is -0.126. The highest BCUT2D eigenvalue weighted by Crippen LogP contribution is 2.19. The molecule has 0 fully saturated rings. The predicted octanol–water partition coefficient (Wildman–Crippen LogP) is 3.59. The highest BCUT2D eigenvalue weighted by Gasteiger charge is 2.15. The molecule has 0 saturated heterocycles. The molecule has 25 heavy (non-hydrogen) atoms. The Morgan fingerprint density at radius 3 is 2.20 bits per heavy atom. The summed E-state index contributed by atoms with van der Waals surface area (Å²) in [4.78, 5) is 25.6. The van der Waals surface area contributed by atoms with Crippen LogP contribution in [0.5, 0.6) is 0 Å². The number of nitrogens with one attached hydrogen (secondary N) is 1. The SMILES string of the molecule is CNC(=O)c1ccc(/C=C/C(=O)N(C)C(C)c2ccc(C)cc2)cc1. The van der Waals surface area contributed by atoms with Gasteiger partial charge in [0.15, 0.2) is 0 Å². The van der Waals surface area contributed by atoms with E-state index in [4.69, 9.17) is 0 Å². The molecule has 0 heterocycles. The number of carbonyl (C=O) groups excluding carboxylic acids is 2. The first-order valence-electron chi connectivity index (χ1n) is 8.26. The minimum atomic E-state index is -0.127. The summed E-state index contributed by atoms with van der Waals surface area (Å²) in [5.74, 6) is -0.193. The van der Waals surface area contributed by atoms with Crippen LogP contribution in [0.4, 0.5) is 0 Å². The molecule has 1 atom stereocenters. The van der Waals surface area contributed by atoms with Gasteiger partial charge in [0.25, 0.3) is 5.91 Å². The number of rotatable bonds is 5. The zero-order chi connectivity index (χ0) is 18.4. The Bertz CT molecular complexity index is 761. The Kier molecular flexibility index (Phi) is 6.12. The van der Waals surface area contributed by atoms with E-state index < -0.39 is 0 Å². The van der Waals surface area contributed by atoms with Gasteiger partial charge in [-0.3, -0.25) is 9.59 Å².